The van der Waals surface area contributed by atoms with E-state index in [1.165, 1.54) is 13.8 Å². The van der Waals surface area contributed by atoms with Crippen molar-refractivity contribution in [1.82, 2.24) is 5.32 Å². The van der Waals surface area contributed by atoms with Gasteiger partial charge >= 0.3 is 0 Å². The maximum atomic E-state index is 11.4. The van der Waals surface area contributed by atoms with Crippen molar-refractivity contribution in [3.63, 3.8) is 0 Å². The minimum absolute atomic E-state index is 0.0209. The lowest BCUT2D eigenvalue weighted by atomic mass is 9.67. The van der Waals surface area contributed by atoms with Gasteiger partial charge < -0.3 is 45.1 Å². The molecule has 1 amide bonds. The number of aliphatic hydroxyl groups excluding tert-OH is 5. The molecule has 4 bridgehead atoms. The highest BCUT2D eigenvalue weighted by Crippen LogP contribution is 2.47. The van der Waals surface area contributed by atoms with Crippen LogP contribution in [-0.2, 0) is 19.0 Å². The molecule has 10 heteroatoms. The van der Waals surface area contributed by atoms with E-state index in [-0.39, 0.29) is 19.1 Å². The van der Waals surface area contributed by atoms with Crippen LogP contribution in [0.3, 0.4) is 0 Å². The third-order valence-electron chi connectivity index (χ3n) is 6.68. The zero-order chi connectivity index (χ0) is 21.6. The summed E-state index contributed by atoms with van der Waals surface area (Å²) in [6, 6.07) is 0. The van der Waals surface area contributed by atoms with Gasteiger partial charge in [0, 0.05) is 26.0 Å². The predicted octanol–water partition coefficient (Wildman–Crippen LogP) is -2.33. The Morgan fingerprint density at radius 3 is 2.38 bits per heavy atom. The largest absolute Gasteiger partial charge is 0.394 e. The molecule has 0 aromatic heterocycles. The lowest BCUT2D eigenvalue weighted by Crippen LogP contribution is -2.74. The topological polar surface area (TPSA) is 158 Å². The van der Waals surface area contributed by atoms with Gasteiger partial charge in [0.2, 0.25) is 5.91 Å². The summed E-state index contributed by atoms with van der Waals surface area (Å²) in [4.78, 5) is 11.4. The maximum absolute atomic E-state index is 11.4. The molecule has 0 radical (unpaired) electrons. The number of carbonyl (C=O) groups excluding carboxylic acids is 1. The normalized spacial score (nSPS) is 50.6. The average molecular weight is 419 g/mol. The van der Waals surface area contributed by atoms with E-state index in [9.17, 15) is 30.3 Å². The first kappa shape index (κ1) is 22.8. The van der Waals surface area contributed by atoms with E-state index >= 15 is 0 Å². The van der Waals surface area contributed by atoms with Gasteiger partial charge in [0.25, 0.3) is 0 Å². The smallest absolute Gasteiger partial charge is 0.216 e. The summed E-state index contributed by atoms with van der Waals surface area (Å²) in [6.45, 7) is 4.24. The molecule has 0 aromatic carbocycles. The lowest BCUT2D eigenvalue weighted by molar-refractivity contribution is -0.342. The highest BCUT2D eigenvalue weighted by Gasteiger charge is 2.63. The van der Waals surface area contributed by atoms with Gasteiger partial charge in [-0.3, -0.25) is 4.79 Å². The molecule has 6 fully saturated rings. The van der Waals surface area contributed by atoms with Crippen molar-refractivity contribution in [1.29, 1.82) is 0 Å². The molecule has 0 saturated carbocycles. The fraction of sp³-hybridized carbons (Fsp3) is 0.947. The van der Waals surface area contributed by atoms with Crippen molar-refractivity contribution in [3.05, 3.63) is 0 Å². The summed E-state index contributed by atoms with van der Waals surface area (Å²) >= 11 is 0. The highest BCUT2D eigenvalue weighted by molar-refractivity contribution is 5.72. The average Bonchev–Trinajstić information content (AvgIpc) is 2.66. The van der Waals surface area contributed by atoms with Crippen molar-refractivity contribution < 1.29 is 44.5 Å². The third-order valence-corrected chi connectivity index (χ3v) is 6.68. The van der Waals surface area contributed by atoms with Gasteiger partial charge in [-0.2, -0.15) is 0 Å². The number of nitrogens with one attached hydrogen (secondary N) is 1. The monoisotopic (exact) mass is 419 g/mol. The van der Waals surface area contributed by atoms with Gasteiger partial charge in [0.15, 0.2) is 0 Å². The molecule has 6 N–H and O–H groups in total. The minimum atomic E-state index is -1.59. The molecule has 0 aromatic rings. The molecule has 29 heavy (non-hydrogen) atoms. The Hall–Kier alpha value is -0.850. The van der Waals surface area contributed by atoms with Crippen LogP contribution in [-0.4, -0.2) is 105 Å². The van der Waals surface area contributed by atoms with Crippen LogP contribution in [0.25, 0.3) is 0 Å². The number of hydrogen-bond acceptors (Lipinski definition) is 9. The van der Waals surface area contributed by atoms with Gasteiger partial charge in [0.1, 0.15) is 36.1 Å². The molecule has 6 aliphatic rings. The number of ether oxygens (including phenoxy) is 3. The summed E-state index contributed by atoms with van der Waals surface area (Å²) in [7, 11) is 0. The highest BCUT2D eigenvalue weighted by atomic mass is 16.6. The van der Waals surface area contributed by atoms with Crippen molar-refractivity contribution in [2.24, 2.45) is 5.92 Å². The number of hydrogen-bond donors (Lipinski definition) is 6. The molecule has 6 saturated heterocycles. The Balaban J connectivity index is 2.04. The zero-order valence-electron chi connectivity index (χ0n) is 17.0. The van der Waals surface area contributed by atoms with Crippen molar-refractivity contribution >= 4 is 5.91 Å². The van der Waals surface area contributed by atoms with Crippen LogP contribution in [0.4, 0.5) is 0 Å². The van der Waals surface area contributed by atoms with E-state index in [1.54, 1.807) is 6.92 Å². The van der Waals surface area contributed by atoms with Gasteiger partial charge in [-0.25, -0.2) is 0 Å². The molecule has 10 atom stereocenters. The Labute approximate surface area is 169 Å². The predicted molar refractivity (Wildman–Crippen MR) is 98.8 cm³/mol. The molecule has 168 valence electrons. The standard InChI is InChI=1S/C19H33NO9/c1-9(22)20-7-10-15-14(24)17(26)19(3,29-10)12-11(8-21)28-18(2,5-4-6-27-15)16(25)13(12)23/h10-17,21,23-26H,4-8H2,1-3H3,(H,20,22)/t10?,11-,12-,13+,14+,15-,16-,17-,18?,19+/m1/s1. The molecule has 6 aliphatic heterocycles. The Bertz CT molecular complexity index is 604. The summed E-state index contributed by atoms with van der Waals surface area (Å²) in [5.41, 5.74) is -2.70. The SMILES string of the molecule is CC(=O)NCC1O[C@@]2(C)[C@H]3[C@H](O)[C@@H](O)C(C)(CCCO[C@H]1[C@H](O)[C@H]2O)O[C@@H]3CO. The fourth-order valence-electron chi connectivity index (χ4n) is 5.06. The number of carbonyl (C=O) groups is 1. The van der Waals surface area contributed by atoms with Gasteiger partial charge in [-0.05, 0) is 26.7 Å². The molecular formula is C19H33NO9. The molecule has 6 rings (SSSR count). The maximum Gasteiger partial charge on any atom is 0.216 e. The quantitative estimate of drug-likeness (QED) is 0.295. The van der Waals surface area contributed by atoms with Gasteiger partial charge in [-0.1, -0.05) is 0 Å². The summed E-state index contributed by atoms with van der Waals surface area (Å²) < 4.78 is 18.0. The molecule has 0 spiro atoms. The molecule has 6 heterocycles. The second-order valence-corrected chi connectivity index (χ2v) is 8.76. The number of amides is 1. The molecular weight excluding hydrogens is 386 g/mol. The fourth-order valence-corrected chi connectivity index (χ4v) is 5.06. The van der Waals surface area contributed by atoms with E-state index in [2.05, 4.69) is 5.32 Å². The van der Waals surface area contributed by atoms with Crippen molar-refractivity contribution in [2.75, 3.05) is 19.8 Å². The zero-order valence-corrected chi connectivity index (χ0v) is 17.0. The Kier molecular flexibility index (Phi) is 6.57. The summed E-state index contributed by atoms with van der Waals surface area (Å²) in [5, 5.41) is 56.2. The lowest BCUT2D eigenvalue weighted by Gasteiger charge is -2.58. The number of rotatable bonds is 3. The third kappa shape index (κ3) is 3.92. The number of aliphatic hydroxyl groups is 5. The van der Waals surface area contributed by atoms with E-state index in [4.69, 9.17) is 14.2 Å². The molecule has 2 unspecified atom stereocenters. The van der Waals surface area contributed by atoms with Crippen LogP contribution in [0.15, 0.2) is 0 Å². The van der Waals surface area contributed by atoms with E-state index in [1.807, 2.05) is 0 Å². The van der Waals surface area contributed by atoms with Crippen molar-refractivity contribution in [3.8, 4) is 0 Å². The van der Waals surface area contributed by atoms with Crippen LogP contribution in [0.1, 0.15) is 33.6 Å². The van der Waals surface area contributed by atoms with E-state index in [0.717, 1.165) is 0 Å². The van der Waals surface area contributed by atoms with Crippen LogP contribution < -0.4 is 5.32 Å². The Morgan fingerprint density at radius 1 is 1.07 bits per heavy atom. The molecule has 0 aliphatic carbocycles. The van der Waals surface area contributed by atoms with Crippen LogP contribution >= 0.6 is 0 Å². The van der Waals surface area contributed by atoms with E-state index < -0.39 is 66.5 Å². The van der Waals surface area contributed by atoms with Crippen LogP contribution in [0.5, 0.6) is 0 Å². The van der Waals surface area contributed by atoms with Crippen LogP contribution in [0, 0.1) is 5.92 Å². The first-order valence-electron chi connectivity index (χ1n) is 10.1. The summed E-state index contributed by atoms with van der Waals surface area (Å²) in [5.74, 6) is -1.34. The minimum Gasteiger partial charge on any atom is -0.394 e. The second kappa shape index (κ2) is 8.35. The first-order chi connectivity index (χ1) is 13.5. The van der Waals surface area contributed by atoms with Crippen LogP contribution in [0.2, 0.25) is 0 Å². The van der Waals surface area contributed by atoms with Crippen molar-refractivity contribution in [2.45, 2.75) is 87.5 Å². The van der Waals surface area contributed by atoms with E-state index in [0.29, 0.717) is 12.8 Å². The summed E-state index contributed by atoms with van der Waals surface area (Å²) in [6.07, 6.45) is -7.41. The molecule has 10 nitrogen and oxygen atoms in total. The van der Waals surface area contributed by atoms with Gasteiger partial charge in [-0.15, -0.1) is 0 Å². The van der Waals surface area contributed by atoms with Gasteiger partial charge in [0.05, 0.1) is 24.4 Å². The second-order valence-electron chi connectivity index (χ2n) is 8.76. The first-order valence-corrected chi connectivity index (χ1v) is 10.1. The Morgan fingerprint density at radius 2 is 1.76 bits per heavy atom.